The van der Waals surface area contributed by atoms with Gasteiger partial charge in [-0.2, -0.15) is 5.26 Å². The standard InChI is InChI=1S/C17H21FN2O2/c1-12(2)17(3)9-16(21)20(11-17)6-7-22-14-4-5-15(18)13(8-14)10-19/h4-5,8,12H,6-7,9,11H2,1-3H3/t17-/m0/s1. The number of rotatable bonds is 5. The van der Waals surface area contributed by atoms with Gasteiger partial charge in [0.15, 0.2) is 0 Å². The van der Waals surface area contributed by atoms with Gasteiger partial charge in [0, 0.05) is 19.0 Å². The highest BCUT2D eigenvalue weighted by atomic mass is 19.1. The maximum absolute atomic E-state index is 13.2. The lowest BCUT2D eigenvalue weighted by atomic mass is 9.78. The molecule has 2 rings (SSSR count). The first-order valence-electron chi connectivity index (χ1n) is 7.46. The summed E-state index contributed by atoms with van der Waals surface area (Å²) in [5, 5.41) is 8.79. The number of nitriles is 1. The van der Waals surface area contributed by atoms with Crippen molar-refractivity contribution < 1.29 is 13.9 Å². The van der Waals surface area contributed by atoms with Crippen molar-refractivity contribution in [2.75, 3.05) is 19.7 Å². The fraction of sp³-hybridized carbons (Fsp3) is 0.529. The first-order valence-corrected chi connectivity index (χ1v) is 7.46. The largest absolute Gasteiger partial charge is 0.492 e. The van der Waals surface area contributed by atoms with E-state index in [9.17, 15) is 9.18 Å². The van der Waals surface area contributed by atoms with Gasteiger partial charge in [-0.3, -0.25) is 4.79 Å². The Hall–Kier alpha value is -2.09. The van der Waals surface area contributed by atoms with E-state index in [4.69, 9.17) is 10.00 Å². The number of likely N-dealkylation sites (tertiary alicyclic amines) is 1. The molecule has 1 amide bonds. The van der Waals surface area contributed by atoms with Gasteiger partial charge in [0.05, 0.1) is 12.1 Å². The number of hydrogen-bond donors (Lipinski definition) is 0. The monoisotopic (exact) mass is 304 g/mol. The minimum Gasteiger partial charge on any atom is -0.492 e. The van der Waals surface area contributed by atoms with Crippen LogP contribution in [-0.4, -0.2) is 30.5 Å². The minimum atomic E-state index is -0.558. The molecule has 1 heterocycles. The van der Waals surface area contributed by atoms with E-state index in [1.54, 1.807) is 6.07 Å². The molecule has 0 saturated carbocycles. The predicted molar refractivity (Wildman–Crippen MR) is 80.8 cm³/mol. The molecule has 0 aromatic heterocycles. The maximum Gasteiger partial charge on any atom is 0.223 e. The van der Waals surface area contributed by atoms with Crippen LogP contribution < -0.4 is 4.74 Å². The van der Waals surface area contributed by atoms with E-state index in [0.717, 1.165) is 6.54 Å². The van der Waals surface area contributed by atoms with Crippen molar-refractivity contribution in [1.82, 2.24) is 4.90 Å². The Morgan fingerprint density at radius 3 is 2.82 bits per heavy atom. The molecule has 0 spiro atoms. The molecule has 118 valence electrons. The third-order valence-corrected chi connectivity index (χ3v) is 4.54. The van der Waals surface area contributed by atoms with Crippen molar-refractivity contribution in [3.05, 3.63) is 29.6 Å². The van der Waals surface area contributed by atoms with Gasteiger partial charge in [-0.15, -0.1) is 0 Å². The lowest BCUT2D eigenvalue weighted by Gasteiger charge is -2.28. The second kappa shape index (κ2) is 6.35. The first-order chi connectivity index (χ1) is 10.4. The highest BCUT2D eigenvalue weighted by Gasteiger charge is 2.41. The van der Waals surface area contributed by atoms with E-state index in [1.165, 1.54) is 18.2 Å². The molecule has 1 aromatic rings. The maximum atomic E-state index is 13.2. The topological polar surface area (TPSA) is 53.3 Å². The van der Waals surface area contributed by atoms with Crippen LogP contribution in [0.5, 0.6) is 5.75 Å². The van der Waals surface area contributed by atoms with E-state index >= 15 is 0 Å². The molecule has 1 fully saturated rings. The van der Waals surface area contributed by atoms with Crippen LogP contribution in [0, 0.1) is 28.5 Å². The molecule has 1 aliphatic heterocycles. The van der Waals surface area contributed by atoms with Gasteiger partial charge in [0.2, 0.25) is 5.91 Å². The Morgan fingerprint density at radius 1 is 1.50 bits per heavy atom. The lowest BCUT2D eigenvalue weighted by Crippen LogP contribution is -2.32. The van der Waals surface area contributed by atoms with E-state index in [2.05, 4.69) is 20.8 Å². The first kappa shape index (κ1) is 16.3. The van der Waals surface area contributed by atoms with Crippen LogP contribution in [0.1, 0.15) is 32.8 Å². The van der Waals surface area contributed by atoms with Crippen molar-refractivity contribution in [2.45, 2.75) is 27.2 Å². The van der Waals surface area contributed by atoms with Gasteiger partial charge in [-0.1, -0.05) is 20.8 Å². The number of ether oxygens (including phenoxy) is 1. The summed E-state index contributed by atoms with van der Waals surface area (Å²) in [4.78, 5) is 13.9. The molecule has 0 aliphatic carbocycles. The van der Waals surface area contributed by atoms with Gasteiger partial charge < -0.3 is 9.64 Å². The van der Waals surface area contributed by atoms with Crippen molar-refractivity contribution in [1.29, 1.82) is 5.26 Å². The summed E-state index contributed by atoms with van der Waals surface area (Å²) in [7, 11) is 0. The fourth-order valence-electron chi connectivity index (χ4n) is 2.58. The van der Waals surface area contributed by atoms with E-state index in [1.807, 2.05) is 4.90 Å². The number of nitrogens with zero attached hydrogens (tertiary/aromatic N) is 2. The summed E-state index contributed by atoms with van der Waals surface area (Å²) in [5.41, 5.74) is -0.0249. The molecular weight excluding hydrogens is 283 g/mol. The molecule has 1 aromatic carbocycles. The Kier molecular flexibility index (Phi) is 4.70. The highest BCUT2D eigenvalue weighted by Crippen LogP contribution is 2.37. The van der Waals surface area contributed by atoms with E-state index in [-0.39, 0.29) is 16.9 Å². The summed E-state index contributed by atoms with van der Waals surface area (Å²) in [6.07, 6.45) is 0.569. The van der Waals surface area contributed by atoms with Crippen molar-refractivity contribution in [3.8, 4) is 11.8 Å². The Balaban J connectivity index is 1.90. The van der Waals surface area contributed by atoms with Crippen LogP contribution in [0.3, 0.4) is 0 Å². The van der Waals surface area contributed by atoms with Gasteiger partial charge in [0.1, 0.15) is 24.2 Å². The summed E-state index contributed by atoms with van der Waals surface area (Å²) in [6, 6.07) is 5.85. The van der Waals surface area contributed by atoms with Crippen molar-refractivity contribution in [3.63, 3.8) is 0 Å². The molecule has 5 heteroatoms. The quantitative estimate of drug-likeness (QED) is 0.840. The van der Waals surface area contributed by atoms with Gasteiger partial charge in [-0.05, 0) is 23.5 Å². The zero-order valence-corrected chi connectivity index (χ0v) is 13.2. The van der Waals surface area contributed by atoms with Crippen molar-refractivity contribution >= 4 is 5.91 Å². The van der Waals surface area contributed by atoms with Crippen LogP contribution in [-0.2, 0) is 4.79 Å². The van der Waals surface area contributed by atoms with Gasteiger partial charge >= 0.3 is 0 Å². The Bertz CT molecular complexity index is 609. The van der Waals surface area contributed by atoms with Gasteiger partial charge in [-0.25, -0.2) is 4.39 Å². The molecule has 0 unspecified atom stereocenters. The second-order valence-corrected chi connectivity index (χ2v) is 6.40. The number of halogens is 1. The smallest absolute Gasteiger partial charge is 0.223 e. The van der Waals surface area contributed by atoms with Crippen LogP contribution in [0.15, 0.2) is 18.2 Å². The normalized spacial score (nSPS) is 21.3. The average molecular weight is 304 g/mol. The summed E-state index contributed by atoms with van der Waals surface area (Å²) < 4.78 is 18.7. The Labute approximate surface area is 130 Å². The molecule has 1 saturated heterocycles. The molecule has 22 heavy (non-hydrogen) atoms. The molecule has 1 atom stereocenters. The van der Waals surface area contributed by atoms with Crippen molar-refractivity contribution in [2.24, 2.45) is 11.3 Å². The third-order valence-electron chi connectivity index (χ3n) is 4.54. The molecule has 4 nitrogen and oxygen atoms in total. The van der Waals surface area contributed by atoms with Crippen LogP contribution in [0.2, 0.25) is 0 Å². The van der Waals surface area contributed by atoms with Crippen LogP contribution in [0.25, 0.3) is 0 Å². The number of hydrogen-bond acceptors (Lipinski definition) is 3. The third kappa shape index (κ3) is 3.38. The van der Waals surface area contributed by atoms with Gasteiger partial charge in [0.25, 0.3) is 0 Å². The van der Waals surface area contributed by atoms with E-state index in [0.29, 0.717) is 31.2 Å². The molecule has 0 radical (unpaired) electrons. The number of carbonyl (C=O) groups is 1. The zero-order valence-electron chi connectivity index (χ0n) is 13.2. The zero-order chi connectivity index (χ0) is 16.3. The summed E-state index contributed by atoms with van der Waals surface area (Å²) in [6.45, 7) is 7.97. The summed E-state index contributed by atoms with van der Waals surface area (Å²) in [5.74, 6) is 0.475. The van der Waals surface area contributed by atoms with E-state index < -0.39 is 5.82 Å². The fourth-order valence-corrected chi connectivity index (χ4v) is 2.58. The number of carbonyl (C=O) groups excluding carboxylic acids is 1. The number of benzene rings is 1. The number of amides is 1. The molecule has 1 aliphatic rings. The Morgan fingerprint density at radius 2 is 2.23 bits per heavy atom. The van der Waals surface area contributed by atoms with Crippen LogP contribution >= 0.6 is 0 Å². The van der Waals surface area contributed by atoms with Crippen LogP contribution in [0.4, 0.5) is 4.39 Å². The molecule has 0 bridgehead atoms. The highest BCUT2D eigenvalue weighted by molar-refractivity contribution is 5.79. The SMILES string of the molecule is CC(C)[C@@]1(C)CC(=O)N(CCOc2ccc(F)c(C#N)c2)C1. The summed E-state index contributed by atoms with van der Waals surface area (Å²) >= 11 is 0. The molecular formula is C17H21FN2O2. The average Bonchev–Trinajstić information content (AvgIpc) is 2.77. The predicted octanol–water partition coefficient (Wildman–Crippen LogP) is 2.97. The second-order valence-electron chi connectivity index (χ2n) is 6.40. The molecule has 0 N–H and O–H groups in total. The lowest BCUT2D eigenvalue weighted by molar-refractivity contribution is -0.128. The minimum absolute atomic E-state index is 0.0148.